The number of ether oxygens (including phenoxy) is 1. The molecule has 0 spiro atoms. The Kier molecular flexibility index (Phi) is 6.94. The highest BCUT2D eigenvalue weighted by Gasteiger charge is 2.18. The molecule has 0 radical (unpaired) electrons. The number of H-pyrrole nitrogens is 1. The molecule has 30 heavy (non-hydrogen) atoms. The first-order valence-electron chi connectivity index (χ1n) is 9.38. The largest absolute Gasteiger partial charge is 0.455 e. The number of nitrogens with one attached hydrogen (secondary N) is 2. The van der Waals surface area contributed by atoms with E-state index in [1.54, 1.807) is 19.1 Å². The van der Waals surface area contributed by atoms with E-state index in [0.29, 0.717) is 27.5 Å². The maximum Gasteiger partial charge on any atom is 0.319 e. The number of esters is 1. The van der Waals surface area contributed by atoms with Crippen LogP contribution in [0.15, 0.2) is 29.1 Å². The van der Waals surface area contributed by atoms with Crippen LogP contribution in [0.25, 0.3) is 10.2 Å². The molecule has 0 fully saturated rings. The predicted octanol–water partition coefficient (Wildman–Crippen LogP) is 3.71. The van der Waals surface area contributed by atoms with Crippen molar-refractivity contribution in [2.75, 3.05) is 11.9 Å². The Morgan fingerprint density at radius 1 is 1.23 bits per heavy atom. The summed E-state index contributed by atoms with van der Waals surface area (Å²) in [6.07, 6.45) is 0. The smallest absolute Gasteiger partial charge is 0.319 e. The quantitative estimate of drug-likeness (QED) is 0.538. The molecule has 0 saturated carbocycles. The zero-order valence-corrected chi connectivity index (χ0v) is 18.8. The average molecular weight is 446 g/mol. The lowest BCUT2D eigenvalue weighted by atomic mass is 10.2. The van der Waals surface area contributed by atoms with Gasteiger partial charge in [-0.2, -0.15) is 0 Å². The predicted molar refractivity (Wildman–Crippen MR) is 121 cm³/mol. The summed E-state index contributed by atoms with van der Waals surface area (Å²) in [6, 6.07) is 7.34. The molecule has 158 valence electrons. The fourth-order valence-corrected chi connectivity index (χ4v) is 4.53. The van der Waals surface area contributed by atoms with Crippen molar-refractivity contribution in [3.63, 3.8) is 0 Å². The SMILES string of the molecule is Cc1ccc(NC(=O)COC(=O)C(C)SCc2nc3sc(C)c(C)c3c(=O)[nH]2)cc1. The third kappa shape index (κ3) is 5.28. The Morgan fingerprint density at radius 3 is 2.63 bits per heavy atom. The van der Waals surface area contributed by atoms with E-state index in [2.05, 4.69) is 15.3 Å². The minimum Gasteiger partial charge on any atom is -0.455 e. The summed E-state index contributed by atoms with van der Waals surface area (Å²) >= 11 is 2.77. The minimum absolute atomic E-state index is 0.166. The van der Waals surface area contributed by atoms with E-state index in [0.717, 1.165) is 16.0 Å². The number of carbonyl (C=O) groups excluding carboxylic acids is 2. The Morgan fingerprint density at radius 2 is 1.93 bits per heavy atom. The van der Waals surface area contributed by atoms with Gasteiger partial charge in [-0.3, -0.25) is 14.4 Å². The van der Waals surface area contributed by atoms with Gasteiger partial charge in [0, 0.05) is 10.6 Å². The Bertz CT molecular complexity index is 1140. The summed E-state index contributed by atoms with van der Waals surface area (Å²) in [6.45, 7) is 7.17. The molecule has 2 heterocycles. The number of carbonyl (C=O) groups is 2. The van der Waals surface area contributed by atoms with Crippen molar-refractivity contribution < 1.29 is 14.3 Å². The zero-order chi connectivity index (χ0) is 21.8. The number of anilines is 1. The molecule has 0 aliphatic carbocycles. The molecule has 3 rings (SSSR count). The molecule has 3 aromatic rings. The third-order valence-corrected chi connectivity index (χ3v) is 6.80. The molecule has 0 bridgehead atoms. The van der Waals surface area contributed by atoms with Crippen LogP contribution in [-0.2, 0) is 20.1 Å². The second kappa shape index (κ2) is 9.44. The minimum atomic E-state index is -0.509. The van der Waals surface area contributed by atoms with E-state index < -0.39 is 17.1 Å². The molecule has 0 aliphatic heterocycles. The summed E-state index contributed by atoms with van der Waals surface area (Å²) in [5.74, 6) is -0.0300. The molecule has 0 aliphatic rings. The van der Waals surface area contributed by atoms with Crippen molar-refractivity contribution in [2.45, 2.75) is 38.7 Å². The van der Waals surface area contributed by atoms with Crippen molar-refractivity contribution in [3.8, 4) is 0 Å². The molecular weight excluding hydrogens is 422 g/mol. The lowest BCUT2D eigenvalue weighted by Crippen LogP contribution is -2.25. The van der Waals surface area contributed by atoms with Gasteiger partial charge in [0.1, 0.15) is 15.9 Å². The van der Waals surface area contributed by atoms with Gasteiger partial charge in [0.05, 0.1) is 11.1 Å². The molecule has 7 nitrogen and oxygen atoms in total. The molecule has 1 aromatic carbocycles. The number of aryl methyl sites for hydroxylation is 3. The fourth-order valence-electron chi connectivity index (χ4n) is 2.73. The lowest BCUT2D eigenvalue weighted by molar-refractivity contribution is -0.146. The first-order valence-corrected chi connectivity index (χ1v) is 11.2. The number of amides is 1. The second-order valence-corrected chi connectivity index (χ2v) is 9.48. The summed E-state index contributed by atoms with van der Waals surface area (Å²) < 4.78 is 5.10. The third-order valence-electron chi connectivity index (χ3n) is 4.57. The van der Waals surface area contributed by atoms with Crippen LogP contribution in [0.1, 0.15) is 28.8 Å². The maximum atomic E-state index is 12.3. The van der Waals surface area contributed by atoms with Gasteiger partial charge in [0.2, 0.25) is 0 Å². The van der Waals surface area contributed by atoms with Gasteiger partial charge in [0.25, 0.3) is 11.5 Å². The molecule has 2 N–H and O–H groups in total. The van der Waals surface area contributed by atoms with E-state index >= 15 is 0 Å². The van der Waals surface area contributed by atoms with E-state index in [1.165, 1.54) is 23.1 Å². The van der Waals surface area contributed by atoms with Crippen LogP contribution in [0.2, 0.25) is 0 Å². The van der Waals surface area contributed by atoms with Crippen molar-refractivity contribution >= 4 is 50.9 Å². The first kappa shape index (κ1) is 22.0. The van der Waals surface area contributed by atoms with Gasteiger partial charge in [-0.1, -0.05) is 17.7 Å². The van der Waals surface area contributed by atoms with Gasteiger partial charge in [-0.05, 0) is 45.4 Å². The van der Waals surface area contributed by atoms with Crippen LogP contribution in [0.5, 0.6) is 0 Å². The molecule has 1 atom stereocenters. The van der Waals surface area contributed by atoms with Crippen molar-refractivity contribution in [2.24, 2.45) is 0 Å². The standard InChI is InChI=1S/C21H23N3O4S2/c1-11-5-7-15(8-6-11)22-17(25)9-28-21(27)14(4)29-10-16-23-19(26)18-12(2)13(3)30-20(18)24-16/h5-8,14H,9-10H2,1-4H3,(H,22,25)(H,23,24,26). The van der Waals surface area contributed by atoms with E-state index in [9.17, 15) is 14.4 Å². The van der Waals surface area contributed by atoms with Gasteiger partial charge in [0.15, 0.2) is 6.61 Å². The van der Waals surface area contributed by atoms with Gasteiger partial charge in [-0.15, -0.1) is 23.1 Å². The lowest BCUT2D eigenvalue weighted by Gasteiger charge is -2.11. The van der Waals surface area contributed by atoms with Gasteiger partial charge >= 0.3 is 5.97 Å². The number of nitrogens with zero attached hydrogens (tertiary/aromatic N) is 1. The van der Waals surface area contributed by atoms with Crippen LogP contribution in [-0.4, -0.2) is 33.7 Å². The highest BCUT2D eigenvalue weighted by molar-refractivity contribution is 7.99. The highest BCUT2D eigenvalue weighted by Crippen LogP contribution is 2.26. The number of rotatable bonds is 7. The molecule has 0 saturated heterocycles. The molecule has 2 aromatic heterocycles. The molecule has 1 amide bonds. The Hall–Kier alpha value is -2.65. The summed E-state index contributed by atoms with van der Waals surface area (Å²) in [7, 11) is 0. The van der Waals surface area contributed by atoms with Crippen LogP contribution in [0.4, 0.5) is 5.69 Å². The molecule has 9 heteroatoms. The van der Waals surface area contributed by atoms with E-state index in [4.69, 9.17) is 4.74 Å². The van der Waals surface area contributed by atoms with Crippen LogP contribution in [0, 0.1) is 20.8 Å². The summed E-state index contributed by atoms with van der Waals surface area (Å²) in [5, 5.41) is 2.79. The topological polar surface area (TPSA) is 101 Å². The van der Waals surface area contributed by atoms with Crippen LogP contribution >= 0.6 is 23.1 Å². The molecular formula is C21H23N3O4S2. The second-order valence-electron chi connectivity index (χ2n) is 6.95. The van der Waals surface area contributed by atoms with Gasteiger partial charge < -0.3 is 15.0 Å². The number of hydrogen-bond donors (Lipinski definition) is 2. The number of aromatic amines is 1. The number of thioether (sulfide) groups is 1. The Labute approximate surface area is 182 Å². The first-order chi connectivity index (χ1) is 14.2. The number of aromatic nitrogens is 2. The summed E-state index contributed by atoms with van der Waals surface area (Å²) in [5.41, 5.74) is 2.52. The Balaban J connectivity index is 1.51. The average Bonchev–Trinajstić information content (AvgIpc) is 3.00. The monoisotopic (exact) mass is 445 g/mol. The van der Waals surface area contributed by atoms with E-state index in [-0.39, 0.29) is 12.2 Å². The number of fused-ring (bicyclic) bond motifs is 1. The van der Waals surface area contributed by atoms with Crippen molar-refractivity contribution in [1.29, 1.82) is 0 Å². The van der Waals surface area contributed by atoms with Crippen LogP contribution < -0.4 is 10.9 Å². The van der Waals surface area contributed by atoms with Crippen LogP contribution in [0.3, 0.4) is 0 Å². The zero-order valence-electron chi connectivity index (χ0n) is 17.2. The maximum absolute atomic E-state index is 12.3. The highest BCUT2D eigenvalue weighted by atomic mass is 32.2. The molecule has 1 unspecified atom stereocenters. The fraction of sp³-hybridized carbons (Fsp3) is 0.333. The number of hydrogen-bond acceptors (Lipinski definition) is 7. The number of benzene rings is 1. The normalized spacial score (nSPS) is 12.0. The van der Waals surface area contributed by atoms with E-state index in [1.807, 2.05) is 32.9 Å². The summed E-state index contributed by atoms with van der Waals surface area (Å²) in [4.78, 5) is 45.5. The van der Waals surface area contributed by atoms with Crippen molar-refractivity contribution in [1.82, 2.24) is 9.97 Å². The van der Waals surface area contributed by atoms with Crippen molar-refractivity contribution in [3.05, 3.63) is 56.4 Å². The van der Waals surface area contributed by atoms with Gasteiger partial charge in [-0.25, -0.2) is 4.98 Å². The number of thiophene rings is 1.